The fraction of sp³-hybridized carbons (Fsp3) is 0.534. The van der Waals surface area contributed by atoms with Crippen LogP contribution in [-0.2, 0) is 16.0 Å². The molecule has 2 aromatic carbocycles. The van der Waals surface area contributed by atoms with Crippen molar-refractivity contribution in [3.05, 3.63) is 82.2 Å². The summed E-state index contributed by atoms with van der Waals surface area (Å²) < 4.78 is 12.4. The lowest BCUT2D eigenvalue weighted by Crippen LogP contribution is -2.69. The quantitative estimate of drug-likeness (QED) is 0.118. The van der Waals surface area contributed by atoms with E-state index < -0.39 is 11.8 Å². The zero-order valence-electron chi connectivity index (χ0n) is 41.3. The molecule has 4 atom stereocenters. The minimum Gasteiger partial charge on any atom is -0.492 e. The summed E-state index contributed by atoms with van der Waals surface area (Å²) >= 11 is 0. The van der Waals surface area contributed by atoms with Gasteiger partial charge >= 0.3 is 0 Å². The minimum absolute atomic E-state index is 0.0264. The molecule has 1 N–H and O–H groups in total. The second kappa shape index (κ2) is 19.8. The van der Waals surface area contributed by atoms with Crippen LogP contribution in [0.15, 0.2) is 48.5 Å². The Hall–Kier alpha value is -6.29. The van der Waals surface area contributed by atoms with E-state index in [4.69, 9.17) is 20.9 Å². The van der Waals surface area contributed by atoms with E-state index in [0.717, 1.165) is 63.2 Å². The molecule has 6 aliphatic rings. The first-order valence-corrected chi connectivity index (χ1v) is 25.5. The number of aryl methyl sites for hydroxylation is 1. The third kappa shape index (κ3) is 9.38. The number of imide groups is 1. The standard InChI is InChI=1S/C58H65N5O7/c1-7-36-15-25-47-45(53(67)51(36)54-57(3,4)56(58(54,5)6)70-43-22-14-39(34-59)49(33-43)69-8-2)23-18-40(60-47)17-9-35-10-19-41(20-11-35)62-27-29-63(30-28-62)42-21-24-44-46(32-42)48(64)31-38(52(44)66)13-12-37-16-26-50(65)61-55(37)68/h1,14,18,21-24,32-33,35-38,41,51,54,56H,8,10-13,15-16,19-20,25-31H2,2-6H3,(H,61,65,68)/t35-,36?,37?,38?,41-,51?,54-,56-. The van der Waals surface area contributed by atoms with Gasteiger partial charge in [0, 0.05) is 114 Å². The molecule has 2 amide bonds. The summed E-state index contributed by atoms with van der Waals surface area (Å²) in [6.07, 6.45) is 13.4. The summed E-state index contributed by atoms with van der Waals surface area (Å²) in [5.74, 6) is 9.36. The number of carbonyl (C=O) groups excluding carboxylic acids is 5. The predicted octanol–water partition coefficient (Wildman–Crippen LogP) is 8.43. The molecule has 0 bridgehead atoms. The highest BCUT2D eigenvalue weighted by atomic mass is 16.5. The third-order valence-corrected chi connectivity index (χ3v) is 16.7. The van der Waals surface area contributed by atoms with Crippen molar-refractivity contribution in [1.82, 2.24) is 15.2 Å². The number of nitrogens with zero attached hydrogens (tertiary/aromatic N) is 4. The number of aromatic nitrogens is 1. The molecule has 4 unspecified atom stereocenters. The summed E-state index contributed by atoms with van der Waals surface area (Å²) in [5, 5.41) is 12.0. The highest BCUT2D eigenvalue weighted by Crippen LogP contribution is 2.65. The molecule has 70 heavy (non-hydrogen) atoms. The van der Waals surface area contributed by atoms with Crippen molar-refractivity contribution in [2.24, 2.45) is 46.3 Å². The number of ketones is 3. The first kappa shape index (κ1) is 48.7. The third-order valence-electron chi connectivity index (χ3n) is 16.7. The number of ether oxygens (including phenoxy) is 2. The second-order valence-corrected chi connectivity index (χ2v) is 21.7. The molecule has 0 radical (unpaired) electrons. The molecule has 1 aromatic heterocycles. The molecule has 12 nitrogen and oxygen atoms in total. The number of piperidine rings is 1. The number of pyridine rings is 1. The first-order chi connectivity index (χ1) is 33.6. The Morgan fingerprint density at radius 3 is 2.24 bits per heavy atom. The second-order valence-electron chi connectivity index (χ2n) is 21.7. The van der Waals surface area contributed by atoms with Gasteiger partial charge in [0.25, 0.3) is 0 Å². The number of Topliss-reactive ketones (excluding diaryl/α,β-unsaturated/α-hetero) is 3. The zero-order chi connectivity index (χ0) is 49.5. The number of rotatable bonds is 10. The molecule has 4 fully saturated rings. The largest absolute Gasteiger partial charge is 0.492 e. The normalized spacial score (nSPS) is 28.3. The van der Waals surface area contributed by atoms with Crippen molar-refractivity contribution in [2.75, 3.05) is 37.7 Å². The van der Waals surface area contributed by atoms with Gasteiger partial charge in [-0.2, -0.15) is 5.26 Å². The maximum absolute atomic E-state index is 14.7. The maximum Gasteiger partial charge on any atom is 0.229 e. The Morgan fingerprint density at radius 2 is 1.54 bits per heavy atom. The number of nitriles is 1. The van der Waals surface area contributed by atoms with Crippen LogP contribution in [0.2, 0.25) is 0 Å². The molecule has 2 saturated heterocycles. The van der Waals surface area contributed by atoms with E-state index >= 15 is 0 Å². The van der Waals surface area contributed by atoms with E-state index in [2.05, 4.69) is 66.6 Å². The fourth-order valence-corrected chi connectivity index (χ4v) is 13.4. The van der Waals surface area contributed by atoms with Crippen molar-refractivity contribution in [2.45, 2.75) is 117 Å². The van der Waals surface area contributed by atoms with Gasteiger partial charge < -0.3 is 14.4 Å². The van der Waals surface area contributed by atoms with Gasteiger partial charge in [-0.15, -0.1) is 12.3 Å². The van der Waals surface area contributed by atoms with Crippen LogP contribution in [0.3, 0.4) is 0 Å². The van der Waals surface area contributed by atoms with E-state index in [1.165, 1.54) is 0 Å². The van der Waals surface area contributed by atoms with E-state index in [-0.39, 0.29) is 76.2 Å². The molecular formula is C58H65N5O7. The number of nitrogens with one attached hydrogen (secondary N) is 1. The number of benzene rings is 2. The summed E-state index contributed by atoms with van der Waals surface area (Å²) in [7, 11) is 0. The van der Waals surface area contributed by atoms with Crippen molar-refractivity contribution >= 4 is 34.9 Å². The molecule has 4 aliphatic carbocycles. The summed E-state index contributed by atoms with van der Waals surface area (Å²) in [6.45, 7) is 14.5. The molecule has 3 aromatic rings. The van der Waals surface area contributed by atoms with Crippen LogP contribution in [0.1, 0.15) is 147 Å². The van der Waals surface area contributed by atoms with Gasteiger partial charge in [-0.3, -0.25) is 34.2 Å². The van der Waals surface area contributed by atoms with E-state index in [9.17, 15) is 29.2 Å². The fourth-order valence-electron chi connectivity index (χ4n) is 13.4. The molecule has 3 heterocycles. The number of hydrogen-bond donors (Lipinski definition) is 1. The average Bonchev–Trinajstić information content (AvgIpc) is 3.48. The molecule has 9 rings (SSSR count). The monoisotopic (exact) mass is 943 g/mol. The lowest BCUT2D eigenvalue weighted by Gasteiger charge is -2.65. The summed E-state index contributed by atoms with van der Waals surface area (Å²) in [5.41, 5.74) is 3.72. The molecule has 2 aliphatic heterocycles. The number of fused-ring (bicyclic) bond motifs is 2. The Morgan fingerprint density at radius 1 is 0.814 bits per heavy atom. The van der Waals surface area contributed by atoms with Crippen LogP contribution in [0, 0.1) is 81.9 Å². The van der Waals surface area contributed by atoms with Crippen LogP contribution in [0.25, 0.3) is 0 Å². The van der Waals surface area contributed by atoms with Crippen molar-refractivity contribution in [3.63, 3.8) is 0 Å². The number of anilines is 1. The van der Waals surface area contributed by atoms with Crippen LogP contribution in [-0.4, -0.2) is 84.0 Å². The number of terminal acetylenes is 1. The Kier molecular flexibility index (Phi) is 13.8. The van der Waals surface area contributed by atoms with Crippen LogP contribution < -0.4 is 19.7 Å². The Bertz CT molecular complexity index is 2720. The van der Waals surface area contributed by atoms with Crippen LogP contribution >= 0.6 is 0 Å². The van der Waals surface area contributed by atoms with Gasteiger partial charge in [-0.25, -0.2) is 4.98 Å². The van der Waals surface area contributed by atoms with Gasteiger partial charge in [-0.05, 0) is 119 Å². The number of carbonyl (C=O) groups is 5. The average molecular weight is 944 g/mol. The highest BCUT2D eigenvalue weighted by molar-refractivity contribution is 6.15. The van der Waals surface area contributed by atoms with Gasteiger partial charge in [-0.1, -0.05) is 33.6 Å². The van der Waals surface area contributed by atoms with Gasteiger partial charge in [0.15, 0.2) is 17.3 Å². The number of amides is 2. The summed E-state index contributed by atoms with van der Waals surface area (Å²) in [4.78, 5) is 75.2. The van der Waals surface area contributed by atoms with Gasteiger partial charge in [0.2, 0.25) is 11.8 Å². The van der Waals surface area contributed by atoms with Crippen molar-refractivity contribution in [3.8, 4) is 41.8 Å². The van der Waals surface area contributed by atoms with Crippen LogP contribution in [0.4, 0.5) is 5.69 Å². The highest BCUT2D eigenvalue weighted by Gasteiger charge is 2.67. The molecule has 0 spiro atoms. The van der Waals surface area contributed by atoms with Crippen molar-refractivity contribution in [1.29, 1.82) is 5.26 Å². The predicted molar refractivity (Wildman–Crippen MR) is 265 cm³/mol. The Balaban J connectivity index is 0.776. The van der Waals surface area contributed by atoms with E-state index in [1.54, 1.807) is 12.1 Å². The number of piperazine rings is 1. The summed E-state index contributed by atoms with van der Waals surface area (Å²) in [6, 6.07) is 17.5. The van der Waals surface area contributed by atoms with Gasteiger partial charge in [0.05, 0.1) is 17.9 Å². The lowest BCUT2D eigenvalue weighted by molar-refractivity contribution is -0.216. The minimum atomic E-state index is -0.440. The van der Waals surface area contributed by atoms with Crippen LogP contribution in [0.5, 0.6) is 11.5 Å². The van der Waals surface area contributed by atoms with Gasteiger partial charge in [0.1, 0.15) is 29.4 Å². The molecule has 2 saturated carbocycles. The van der Waals surface area contributed by atoms with Crippen molar-refractivity contribution < 1.29 is 33.4 Å². The first-order valence-electron chi connectivity index (χ1n) is 25.5. The van der Waals surface area contributed by atoms with E-state index in [0.29, 0.717) is 90.6 Å². The smallest absolute Gasteiger partial charge is 0.229 e. The maximum atomic E-state index is 14.7. The molecule has 12 heteroatoms. The molecule has 364 valence electrons. The lowest BCUT2D eigenvalue weighted by atomic mass is 9.41. The van der Waals surface area contributed by atoms with E-state index in [1.807, 2.05) is 43.3 Å². The molecular weight excluding hydrogens is 879 g/mol. The SMILES string of the molecule is C#CC1CCc2nc(C#C[C@H]3CC[C@H](N4CCN(c5ccc6c(c5)C(=O)CC(CCC5CCC(=O)NC5=O)C6=O)CC4)CC3)ccc2C(=O)C1[C@H]1C(C)(C)[C@H](Oc2ccc(C#N)c(OCC)c2)C1(C)C. The Labute approximate surface area is 412 Å². The number of hydrogen-bond acceptors (Lipinski definition) is 11. The topological polar surface area (TPSA) is 159 Å². The zero-order valence-corrected chi connectivity index (χ0v) is 41.3.